The van der Waals surface area contributed by atoms with Gasteiger partial charge < -0.3 is 23.7 Å². The van der Waals surface area contributed by atoms with Crippen LogP contribution >= 0.6 is 0 Å². The van der Waals surface area contributed by atoms with Gasteiger partial charge >= 0.3 is 0 Å². The monoisotopic (exact) mass is 317 g/mol. The number of furan rings is 1. The Hall–Kier alpha value is -2.21. The number of ether oxygens (including phenoxy) is 2. The molecule has 0 aliphatic carbocycles. The molecule has 1 aromatic heterocycles. The molecule has 1 saturated heterocycles. The van der Waals surface area contributed by atoms with Gasteiger partial charge in [0.15, 0.2) is 17.1 Å². The highest BCUT2D eigenvalue weighted by molar-refractivity contribution is 6.00. The van der Waals surface area contributed by atoms with Crippen LogP contribution in [0.1, 0.15) is 16.1 Å². The molecule has 1 fully saturated rings. The van der Waals surface area contributed by atoms with Crippen LogP contribution in [0.15, 0.2) is 16.5 Å². The summed E-state index contributed by atoms with van der Waals surface area (Å²) in [4.78, 5) is 16.1. The van der Waals surface area contributed by atoms with E-state index in [2.05, 4.69) is 7.05 Å². The maximum absolute atomic E-state index is 12.8. The number of likely N-dealkylation sites (N-methyl/N-ethyl adjacent to an activating group) is 1. The maximum atomic E-state index is 12.8. The molecule has 23 heavy (non-hydrogen) atoms. The Kier molecular flexibility index (Phi) is 3.41. The Balaban J connectivity index is 1.73. The van der Waals surface area contributed by atoms with Crippen molar-refractivity contribution in [1.82, 2.24) is 4.90 Å². The summed E-state index contributed by atoms with van der Waals surface area (Å²) in [5.41, 5.74) is 1.48. The number of carbonyl (C=O) groups excluding carboxylic acids is 1. The van der Waals surface area contributed by atoms with Crippen LogP contribution < -0.4 is 14.4 Å². The van der Waals surface area contributed by atoms with Gasteiger partial charge in [0.1, 0.15) is 13.2 Å². The highest BCUT2D eigenvalue weighted by Gasteiger charge is 2.29. The summed E-state index contributed by atoms with van der Waals surface area (Å²) in [7, 11) is 2.15. The SMILES string of the molecule is Cc1c(C(=O)N2CC[NH+](C)CC2)oc2c3c(ccc12)OCCO3. The first-order valence-electron chi connectivity index (χ1n) is 8.07. The largest absolute Gasteiger partial charge is 0.486 e. The van der Waals surface area contributed by atoms with Crippen molar-refractivity contribution in [2.75, 3.05) is 46.4 Å². The van der Waals surface area contributed by atoms with Gasteiger partial charge in [-0.1, -0.05) is 0 Å². The molecule has 0 unspecified atom stereocenters. The molecule has 0 radical (unpaired) electrons. The minimum absolute atomic E-state index is 0.0309. The lowest BCUT2D eigenvalue weighted by molar-refractivity contribution is -0.883. The molecule has 122 valence electrons. The summed E-state index contributed by atoms with van der Waals surface area (Å²) < 4.78 is 17.2. The van der Waals surface area contributed by atoms with Crippen LogP contribution in [0.5, 0.6) is 11.5 Å². The molecule has 6 heteroatoms. The molecule has 4 rings (SSSR count). The van der Waals surface area contributed by atoms with E-state index in [0.717, 1.165) is 37.1 Å². The Morgan fingerprint density at radius 2 is 1.91 bits per heavy atom. The van der Waals surface area contributed by atoms with E-state index in [4.69, 9.17) is 13.9 Å². The predicted octanol–water partition coefficient (Wildman–Crippen LogP) is 0.483. The van der Waals surface area contributed by atoms with E-state index in [0.29, 0.717) is 36.1 Å². The number of rotatable bonds is 1. The molecule has 2 aliphatic heterocycles. The zero-order chi connectivity index (χ0) is 16.0. The summed E-state index contributed by atoms with van der Waals surface area (Å²) in [5.74, 6) is 1.68. The van der Waals surface area contributed by atoms with E-state index in [9.17, 15) is 4.79 Å². The number of aryl methyl sites for hydroxylation is 1. The number of quaternary nitrogens is 1. The third-order valence-corrected chi connectivity index (χ3v) is 4.71. The van der Waals surface area contributed by atoms with Gasteiger partial charge in [-0.15, -0.1) is 0 Å². The number of benzene rings is 1. The average Bonchev–Trinajstić information content (AvgIpc) is 2.92. The lowest BCUT2D eigenvalue weighted by Gasteiger charge is -2.29. The number of nitrogens with zero attached hydrogens (tertiary/aromatic N) is 1. The first-order chi connectivity index (χ1) is 11.1. The van der Waals surface area contributed by atoms with Crippen molar-refractivity contribution in [3.05, 3.63) is 23.5 Å². The van der Waals surface area contributed by atoms with Crippen molar-refractivity contribution in [2.24, 2.45) is 0 Å². The second kappa shape index (κ2) is 5.45. The summed E-state index contributed by atoms with van der Waals surface area (Å²) >= 11 is 0. The van der Waals surface area contributed by atoms with E-state index in [-0.39, 0.29) is 5.91 Å². The molecule has 1 amide bonds. The van der Waals surface area contributed by atoms with Crippen molar-refractivity contribution in [3.63, 3.8) is 0 Å². The number of hydrogen-bond donors (Lipinski definition) is 1. The van der Waals surface area contributed by atoms with Crippen molar-refractivity contribution in [2.45, 2.75) is 6.92 Å². The molecule has 0 atom stereocenters. The minimum Gasteiger partial charge on any atom is -0.486 e. The lowest BCUT2D eigenvalue weighted by atomic mass is 10.1. The highest BCUT2D eigenvalue weighted by Crippen LogP contribution is 2.41. The van der Waals surface area contributed by atoms with Gasteiger partial charge in [-0.25, -0.2) is 0 Å². The molecule has 3 heterocycles. The third-order valence-electron chi connectivity index (χ3n) is 4.71. The number of carbonyl (C=O) groups is 1. The Morgan fingerprint density at radius 1 is 1.17 bits per heavy atom. The van der Waals surface area contributed by atoms with Crippen LogP contribution in [0.25, 0.3) is 11.0 Å². The normalized spacial score (nSPS) is 18.4. The quantitative estimate of drug-likeness (QED) is 0.831. The van der Waals surface area contributed by atoms with Crippen molar-refractivity contribution >= 4 is 16.9 Å². The molecule has 1 N–H and O–H groups in total. The fourth-order valence-corrected chi connectivity index (χ4v) is 3.23. The Bertz CT molecular complexity index is 760. The maximum Gasteiger partial charge on any atom is 0.290 e. The molecule has 2 aromatic rings. The minimum atomic E-state index is -0.0309. The Morgan fingerprint density at radius 3 is 2.70 bits per heavy atom. The van der Waals surface area contributed by atoms with Crippen LogP contribution in [-0.2, 0) is 0 Å². The van der Waals surface area contributed by atoms with Gasteiger partial charge in [0.05, 0.1) is 33.2 Å². The molecule has 6 nitrogen and oxygen atoms in total. The summed E-state index contributed by atoms with van der Waals surface area (Å²) in [6, 6.07) is 3.82. The zero-order valence-corrected chi connectivity index (χ0v) is 13.5. The van der Waals surface area contributed by atoms with E-state index in [1.54, 1.807) is 0 Å². The molecular weight excluding hydrogens is 296 g/mol. The van der Waals surface area contributed by atoms with Crippen molar-refractivity contribution < 1.29 is 23.6 Å². The highest BCUT2D eigenvalue weighted by atomic mass is 16.6. The average molecular weight is 317 g/mol. The van der Waals surface area contributed by atoms with Crippen LogP contribution in [-0.4, -0.2) is 57.2 Å². The van der Waals surface area contributed by atoms with Gasteiger partial charge in [-0.2, -0.15) is 0 Å². The molecular formula is C17H21N2O4+. The first-order valence-corrected chi connectivity index (χ1v) is 8.07. The summed E-state index contributed by atoms with van der Waals surface area (Å²) in [5, 5.41) is 0.914. The Labute approximate surface area is 134 Å². The number of nitrogens with one attached hydrogen (secondary N) is 1. The van der Waals surface area contributed by atoms with Crippen molar-refractivity contribution in [3.8, 4) is 11.5 Å². The first kappa shape index (κ1) is 14.4. The molecule has 0 saturated carbocycles. The van der Waals surface area contributed by atoms with Gasteiger partial charge in [0, 0.05) is 10.9 Å². The third kappa shape index (κ3) is 2.34. The van der Waals surface area contributed by atoms with E-state index in [1.165, 1.54) is 4.90 Å². The van der Waals surface area contributed by atoms with Gasteiger partial charge in [0.2, 0.25) is 5.75 Å². The van der Waals surface area contributed by atoms with Gasteiger partial charge in [-0.3, -0.25) is 4.79 Å². The number of hydrogen-bond acceptors (Lipinski definition) is 4. The number of piperazine rings is 1. The fraction of sp³-hybridized carbons (Fsp3) is 0.471. The van der Waals surface area contributed by atoms with E-state index >= 15 is 0 Å². The zero-order valence-electron chi connectivity index (χ0n) is 13.5. The standard InChI is InChI=1S/C17H20N2O4/c1-11-12-3-4-13-16(22-10-9-21-13)15(12)23-14(11)17(20)19-7-5-18(2)6-8-19/h3-4H,5-10H2,1-2H3/p+1. The molecule has 0 spiro atoms. The van der Waals surface area contributed by atoms with Gasteiger partial charge in [0.25, 0.3) is 5.91 Å². The molecule has 0 bridgehead atoms. The second-order valence-electron chi connectivity index (χ2n) is 6.27. The topological polar surface area (TPSA) is 56.4 Å². The van der Waals surface area contributed by atoms with Crippen LogP contribution in [0, 0.1) is 6.92 Å². The van der Waals surface area contributed by atoms with Gasteiger partial charge in [-0.05, 0) is 19.1 Å². The van der Waals surface area contributed by atoms with E-state index in [1.807, 2.05) is 24.0 Å². The van der Waals surface area contributed by atoms with Crippen LogP contribution in [0.3, 0.4) is 0 Å². The lowest BCUT2D eigenvalue weighted by Crippen LogP contribution is -3.12. The summed E-state index contributed by atoms with van der Waals surface area (Å²) in [6.45, 7) is 6.42. The fourth-order valence-electron chi connectivity index (χ4n) is 3.23. The van der Waals surface area contributed by atoms with Crippen LogP contribution in [0.4, 0.5) is 0 Å². The van der Waals surface area contributed by atoms with Crippen LogP contribution in [0.2, 0.25) is 0 Å². The second-order valence-corrected chi connectivity index (χ2v) is 6.27. The van der Waals surface area contributed by atoms with E-state index < -0.39 is 0 Å². The predicted molar refractivity (Wildman–Crippen MR) is 84.5 cm³/mol. The smallest absolute Gasteiger partial charge is 0.290 e. The number of fused-ring (bicyclic) bond motifs is 3. The van der Waals surface area contributed by atoms with Crippen molar-refractivity contribution in [1.29, 1.82) is 0 Å². The molecule has 2 aliphatic rings. The summed E-state index contributed by atoms with van der Waals surface area (Å²) in [6.07, 6.45) is 0. The molecule has 1 aromatic carbocycles. The number of amides is 1.